The van der Waals surface area contributed by atoms with Gasteiger partial charge in [0.25, 0.3) is 0 Å². The molecule has 1 N–H and O–H groups in total. The molecule has 0 aliphatic carbocycles. The van der Waals surface area contributed by atoms with Crippen LogP contribution in [-0.2, 0) is 6.54 Å². The van der Waals surface area contributed by atoms with Crippen molar-refractivity contribution < 1.29 is 18.9 Å². The number of nitrogens with one attached hydrogen (secondary N) is 1. The van der Waals surface area contributed by atoms with Crippen LogP contribution in [0.25, 0.3) is 11.3 Å². The summed E-state index contributed by atoms with van der Waals surface area (Å²) < 4.78 is 16.2. The predicted octanol–water partition coefficient (Wildman–Crippen LogP) is 1.25. The Morgan fingerprint density at radius 2 is 1.90 bits per heavy atom. The zero-order chi connectivity index (χ0) is 13.4. The van der Waals surface area contributed by atoms with Crippen LogP contribution >= 0.6 is 0 Å². The normalized spacial score (nSPS) is 17.8. The van der Waals surface area contributed by atoms with E-state index in [0.29, 0.717) is 6.79 Å². The van der Waals surface area contributed by atoms with Crippen LogP contribution < -0.4 is 14.4 Å². The van der Waals surface area contributed by atoms with Gasteiger partial charge in [-0.15, -0.1) is 0 Å². The van der Waals surface area contributed by atoms with Crippen LogP contribution in [0.4, 0.5) is 0 Å². The lowest BCUT2D eigenvalue weighted by molar-refractivity contribution is -0.902. The number of likely N-dealkylation sites (tertiary alicyclic amines) is 1. The van der Waals surface area contributed by atoms with Crippen LogP contribution in [0.5, 0.6) is 11.5 Å². The Morgan fingerprint density at radius 3 is 2.80 bits per heavy atom. The number of hydrogen-bond donors (Lipinski definition) is 1. The Hall–Kier alpha value is -2.01. The highest BCUT2D eigenvalue weighted by atomic mass is 16.7. The molecule has 0 bridgehead atoms. The van der Waals surface area contributed by atoms with E-state index in [1.165, 1.54) is 25.9 Å². The van der Waals surface area contributed by atoms with Crippen molar-refractivity contribution in [3.05, 3.63) is 30.0 Å². The van der Waals surface area contributed by atoms with Crippen molar-refractivity contribution >= 4 is 0 Å². The zero-order valence-electron chi connectivity index (χ0n) is 11.2. The van der Waals surface area contributed by atoms with Crippen molar-refractivity contribution in [3.8, 4) is 22.8 Å². The number of aromatic nitrogens is 1. The summed E-state index contributed by atoms with van der Waals surface area (Å²) in [6.45, 7) is 3.69. The minimum absolute atomic E-state index is 0.293. The first-order valence-electron chi connectivity index (χ1n) is 7.08. The molecular weight excluding hydrogens is 256 g/mol. The van der Waals surface area contributed by atoms with Gasteiger partial charge < -0.3 is 18.9 Å². The molecule has 1 saturated heterocycles. The molecule has 0 unspecified atom stereocenters. The third-order valence-electron chi connectivity index (χ3n) is 3.96. The lowest BCUT2D eigenvalue weighted by Crippen LogP contribution is -3.08. The third-order valence-corrected chi connectivity index (χ3v) is 3.96. The van der Waals surface area contributed by atoms with E-state index < -0.39 is 0 Å². The second-order valence-corrected chi connectivity index (χ2v) is 5.38. The van der Waals surface area contributed by atoms with Gasteiger partial charge in [0.05, 0.1) is 13.1 Å². The highest BCUT2D eigenvalue weighted by molar-refractivity contribution is 5.64. The van der Waals surface area contributed by atoms with E-state index in [0.717, 1.165) is 35.1 Å². The van der Waals surface area contributed by atoms with Crippen LogP contribution in [0.2, 0.25) is 0 Å². The lowest BCUT2D eigenvalue weighted by atomic mass is 10.1. The van der Waals surface area contributed by atoms with Crippen molar-refractivity contribution in [2.45, 2.75) is 19.4 Å². The summed E-state index contributed by atoms with van der Waals surface area (Å²) in [6, 6.07) is 7.88. The van der Waals surface area contributed by atoms with E-state index in [-0.39, 0.29) is 0 Å². The van der Waals surface area contributed by atoms with Gasteiger partial charge >= 0.3 is 0 Å². The van der Waals surface area contributed by atoms with Crippen molar-refractivity contribution in [2.24, 2.45) is 0 Å². The van der Waals surface area contributed by atoms with Crippen molar-refractivity contribution in [1.82, 2.24) is 5.16 Å². The second kappa shape index (κ2) is 4.83. The fourth-order valence-electron chi connectivity index (χ4n) is 2.89. The highest BCUT2D eigenvalue weighted by Crippen LogP contribution is 2.35. The Kier molecular flexibility index (Phi) is 2.85. The Balaban J connectivity index is 1.55. The lowest BCUT2D eigenvalue weighted by Gasteiger charge is -2.08. The molecule has 0 radical (unpaired) electrons. The predicted molar refractivity (Wildman–Crippen MR) is 71.7 cm³/mol. The molecule has 2 aliphatic rings. The molecule has 104 valence electrons. The molecule has 0 saturated carbocycles. The second-order valence-electron chi connectivity index (χ2n) is 5.38. The molecule has 2 aliphatic heterocycles. The first-order chi connectivity index (χ1) is 9.88. The van der Waals surface area contributed by atoms with Crippen LogP contribution in [0.1, 0.15) is 18.6 Å². The SMILES string of the molecule is c1cc2c(cc1-c1cc(C[NH+]3CCCC3)on1)OCO2. The number of ether oxygens (including phenoxy) is 2. The van der Waals surface area contributed by atoms with Gasteiger partial charge in [0.1, 0.15) is 12.2 Å². The van der Waals surface area contributed by atoms with E-state index in [9.17, 15) is 0 Å². The van der Waals surface area contributed by atoms with E-state index in [2.05, 4.69) is 5.16 Å². The largest absolute Gasteiger partial charge is 0.454 e. The molecule has 4 rings (SSSR count). The Morgan fingerprint density at radius 1 is 1.05 bits per heavy atom. The third kappa shape index (κ3) is 2.14. The summed E-state index contributed by atoms with van der Waals surface area (Å²) in [7, 11) is 0. The Labute approximate surface area is 117 Å². The summed E-state index contributed by atoms with van der Waals surface area (Å²) in [6.07, 6.45) is 2.64. The minimum Gasteiger partial charge on any atom is -0.454 e. The van der Waals surface area contributed by atoms with Gasteiger partial charge in [-0.05, 0) is 18.2 Å². The maximum absolute atomic E-state index is 5.46. The van der Waals surface area contributed by atoms with Gasteiger partial charge in [-0.25, -0.2) is 0 Å². The van der Waals surface area contributed by atoms with E-state index >= 15 is 0 Å². The maximum atomic E-state index is 5.46. The maximum Gasteiger partial charge on any atom is 0.231 e. The quantitative estimate of drug-likeness (QED) is 0.914. The molecule has 0 amide bonds. The molecule has 1 aromatic carbocycles. The zero-order valence-corrected chi connectivity index (χ0v) is 11.2. The summed E-state index contributed by atoms with van der Waals surface area (Å²) >= 11 is 0. The molecule has 0 atom stereocenters. The average molecular weight is 273 g/mol. The average Bonchev–Trinajstić information content (AvgIpc) is 3.19. The number of hydrogen-bond acceptors (Lipinski definition) is 4. The molecule has 20 heavy (non-hydrogen) atoms. The summed E-state index contributed by atoms with van der Waals surface area (Å²) in [5, 5.41) is 4.17. The monoisotopic (exact) mass is 273 g/mol. The number of fused-ring (bicyclic) bond motifs is 1. The number of rotatable bonds is 3. The van der Waals surface area contributed by atoms with E-state index in [1.54, 1.807) is 4.90 Å². The molecule has 1 aromatic heterocycles. The van der Waals surface area contributed by atoms with Crippen LogP contribution in [0.3, 0.4) is 0 Å². The summed E-state index contributed by atoms with van der Waals surface area (Å²) in [4.78, 5) is 1.58. The van der Waals surface area contributed by atoms with Gasteiger partial charge in [0.2, 0.25) is 6.79 Å². The summed E-state index contributed by atoms with van der Waals surface area (Å²) in [5.74, 6) is 2.52. The van der Waals surface area contributed by atoms with Crippen molar-refractivity contribution in [1.29, 1.82) is 0 Å². The van der Waals surface area contributed by atoms with Gasteiger partial charge in [-0.2, -0.15) is 0 Å². The van der Waals surface area contributed by atoms with Gasteiger partial charge in [-0.3, -0.25) is 0 Å². The highest BCUT2D eigenvalue weighted by Gasteiger charge is 2.19. The Bertz CT molecular complexity index is 617. The molecule has 5 heteroatoms. The summed E-state index contributed by atoms with van der Waals surface area (Å²) in [5.41, 5.74) is 1.86. The van der Waals surface area contributed by atoms with Gasteiger partial charge in [0, 0.05) is 24.5 Å². The number of quaternary nitrogens is 1. The van der Waals surface area contributed by atoms with Gasteiger partial charge in [0.15, 0.2) is 17.3 Å². The minimum atomic E-state index is 0.293. The molecule has 5 nitrogen and oxygen atoms in total. The molecule has 2 aromatic rings. The van der Waals surface area contributed by atoms with Crippen LogP contribution in [0, 0.1) is 0 Å². The smallest absolute Gasteiger partial charge is 0.231 e. The molecular formula is C15H17N2O3+. The fourth-order valence-corrected chi connectivity index (χ4v) is 2.89. The molecule has 0 spiro atoms. The molecule has 1 fully saturated rings. The number of nitrogens with zero attached hydrogens (tertiary/aromatic N) is 1. The first kappa shape index (κ1) is 11.8. The topological polar surface area (TPSA) is 48.9 Å². The first-order valence-corrected chi connectivity index (χ1v) is 7.08. The molecule has 3 heterocycles. The van der Waals surface area contributed by atoms with E-state index in [1.807, 2.05) is 24.3 Å². The van der Waals surface area contributed by atoms with Gasteiger partial charge in [-0.1, -0.05) is 5.16 Å². The van der Waals surface area contributed by atoms with Crippen LogP contribution in [-0.4, -0.2) is 25.0 Å². The van der Waals surface area contributed by atoms with Crippen molar-refractivity contribution in [2.75, 3.05) is 19.9 Å². The number of benzene rings is 1. The van der Waals surface area contributed by atoms with Crippen molar-refractivity contribution in [3.63, 3.8) is 0 Å². The fraction of sp³-hybridized carbons (Fsp3) is 0.400. The standard InChI is InChI=1S/C15H16N2O3/c1-2-6-17(5-1)9-12-8-13(16-20-12)11-3-4-14-15(7-11)19-10-18-14/h3-4,7-8H,1-2,5-6,9-10H2/p+1. The van der Waals surface area contributed by atoms with Crippen LogP contribution in [0.15, 0.2) is 28.8 Å². The van der Waals surface area contributed by atoms with E-state index in [4.69, 9.17) is 14.0 Å².